The molecule has 2 aliphatic rings. The molecule has 3 aromatic rings. The van der Waals surface area contributed by atoms with Gasteiger partial charge in [-0.25, -0.2) is 0 Å². The average molecular weight is 569 g/mol. The second-order valence-electron chi connectivity index (χ2n) is 12.2. The Hall–Kier alpha value is -3.81. The van der Waals surface area contributed by atoms with Gasteiger partial charge in [0.1, 0.15) is 18.3 Å². The van der Waals surface area contributed by atoms with E-state index in [0.29, 0.717) is 49.8 Å². The minimum Gasteiger partial charge on any atom is -0.489 e. The number of carbonyl (C=O) groups is 3. The Labute approximate surface area is 248 Å². The molecule has 5 rings (SSSR count). The Kier molecular flexibility index (Phi) is 8.90. The number of rotatable bonds is 9. The van der Waals surface area contributed by atoms with Gasteiger partial charge < -0.3 is 14.4 Å². The van der Waals surface area contributed by atoms with Crippen molar-refractivity contribution in [1.29, 1.82) is 0 Å². The summed E-state index contributed by atoms with van der Waals surface area (Å²) >= 11 is 0. The fourth-order valence-corrected chi connectivity index (χ4v) is 5.76. The number of aryl methyl sites for hydroxylation is 1. The van der Waals surface area contributed by atoms with Crippen molar-refractivity contribution in [2.45, 2.75) is 45.8 Å². The zero-order chi connectivity index (χ0) is 29.9. The van der Waals surface area contributed by atoms with Crippen molar-refractivity contribution in [3.63, 3.8) is 0 Å². The maximum atomic E-state index is 14.1. The number of ether oxygens (including phenoxy) is 2. The lowest BCUT2D eigenvalue weighted by Crippen LogP contribution is -2.42. The van der Waals surface area contributed by atoms with Crippen molar-refractivity contribution in [2.75, 3.05) is 39.4 Å². The number of benzene rings is 3. The molecule has 7 heteroatoms. The third-order valence-corrected chi connectivity index (χ3v) is 8.28. The Balaban J connectivity index is 1.42. The summed E-state index contributed by atoms with van der Waals surface area (Å²) in [4.78, 5) is 45.0. The number of ketones is 2. The van der Waals surface area contributed by atoms with Crippen LogP contribution in [0.3, 0.4) is 0 Å². The molecule has 0 N–H and O–H groups in total. The molecule has 2 unspecified atom stereocenters. The van der Waals surface area contributed by atoms with E-state index in [0.717, 1.165) is 29.8 Å². The smallest absolute Gasteiger partial charge is 0.291 e. The summed E-state index contributed by atoms with van der Waals surface area (Å²) in [5.41, 5.74) is 4.07. The topological polar surface area (TPSA) is 76.2 Å². The molecule has 0 aromatic heterocycles. The predicted molar refractivity (Wildman–Crippen MR) is 162 cm³/mol. The van der Waals surface area contributed by atoms with E-state index in [-0.39, 0.29) is 11.2 Å². The Morgan fingerprint density at radius 3 is 2.26 bits per heavy atom. The van der Waals surface area contributed by atoms with Crippen molar-refractivity contribution in [3.8, 4) is 5.75 Å². The zero-order valence-corrected chi connectivity index (χ0v) is 25.0. The minimum absolute atomic E-state index is 0.0491. The Morgan fingerprint density at radius 1 is 0.929 bits per heavy atom. The second kappa shape index (κ2) is 12.6. The highest BCUT2D eigenvalue weighted by Gasteiger charge is 2.51. The molecule has 0 saturated carbocycles. The molecule has 2 saturated heterocycles. The van der Waals surface area contributed by atoms with Gasteiger partial charge >= 0.3 is 0 Å². The van der Waals surface area contributed by atoms with Crippen LogP contribution in [0.4, 0.5) is 0 Å². The van der Waals surface area contributed by atoms with Crippen molar-refractivity contribution in [3.05, 3.63) is 101 Å². The maximum absolute atomic E-state index is 14.1. The molecule has 3 aromatic carbocycles. The summed E-state index contributed by atoms with van der Waals surface area (Å²) in [5.74, 6) is -2.04. The second-order valence-corrected chi connectivity index (χ2v) is 12.2. The number of likely N-dealkylation sites (tertiary alicyclic amines) is 1. The van der Waals surface area contributed by atoms with Crippen molar-refractivity contribution >= 4 is 17.5 Å². The first-order valence-corrected chi connectivity index (χ1v) is 14.7. The largest absolute Gasteiger partial charge is 0.489 e. The number of nitrogens with zero attached hydrogens (tertiary/aromatic N) is 2. The van der Waals surface area contributed by atoms with Gasteiger partial charge in [0.15, 0.2) is 5.78 Å². The summed E-state index contributed by atoms with van der Waals surface area (Å²) < 4.78 is 11.4. The molecule has 0 radical (unpaired) electrons. The fraction of sp³-hybridized carbons (Fsp3) is 0.400. The van der Waals surface area contributed by atoms with Gasteiger partial charge in [-0.2, -0.15) is 0 Å². The van der Waals surface area contributed by atoms with E-state index in [4.69, 9.17) is 9.47 Å². The van der Waals surface area contributed by atoms with Gasteiger partial charge in [0, 0.05) is 31.7 Å². The van der Waals surface area contributed by atoms with Crippen LogP contribution in [0.2, 0.25) is 0 Å². The molecule has 220 valence electrons. The van der Waals surface area contributed by atoms with Crippen LogP contribution in [0.25, 0.3) is 0 Å². The summed E-state index contributed by atoms with van der Waals surface area (Å²) in [6.45, 7) is 12.5. The molecule has 2 atom stereocenters. The minimum atomic E-state index is -1.11. The van der Waals surface area contributed by atoms with E-state index in [1.807, 2.05) is 67.6 Å². The molecule has 2 aliphatic heterocycles. The highest BCUT2D eigenvalue weighted by Crippen LogP contribution is 2.39. The first-order chi connectivity index (χ1) is 20.1. The number of amides is 1. The van der Waals surface area contributed by atoms with Crippen molar-refractivity contribution < 1.29 is 23.9 Å². The van der Waals surface area contributed by atoms with E-state index in [1.54, 1.807) is 17.0 Å². The number of morpholine rings is 1. The van der Waals surface area contributed by atoms with Crippen molar-refractivity contribution in [2.24, 2.45) is 5.92 Å². The first-order valence-electron chi connectivity index (χ1n) is 14.7. The van der Waals surface area contributed by atoms with Crippen LogP contribution in [0.5, 0.6) is 5.75 Å². The number of hydrogen-bond acceptors (Lipinski definition) is 6. The van der Waals surface area contributed by atoms with Gasteiger partial charge in [-0.1, -0.05) is 75.4 Å². The molecular formula is C35H40N2O5. The molecular weight excluding hydrogens is 528 g/mol. The van der Waals surface area contributed by atoms with Gasteiger partial charge in [0.25, 0.3) is 5.91 Å². The third kappa shape index (κ3) is 6.48. The van der Waals surface area contributed by atoms with Crippen LogP contribution in [-0.4, -0.2) is 66.7 Å². The van der Waals surface area contributed by atoms with Crippen LogP contribution >= 0.6 is 0 Å². The normalized spacial score (nSPS) is 19.8. The fourth-order valence-electron chi connectivity index (χ4n) is 5.76. The van der Waals surface area contributed by atoms with Gasteiger partial charge in [-0.05, 0) is 52.8 Å². The van der Waals surface area contributed by atoms with Crippen LogP contribution in [0.15, 0.2) is 72.8 Å². The van der Waals surface area contributed by atoms with E-state index in [9.17, 15) is 14.4 Å². The average Bonchev–Trinajstić information content (AvgIpc) is 3.24. The van der Waals surface area contributed by atoms with E-state index in [1.165, 1.54) is 0 Å². The number of Topliss-reactive ketones (excluding diaryl/α,β-unsaturated/α-hetero) is 2. The van der Waals surface area contributed by atoms with Crippen LogP contribution < -0.4 is 4.74 Å². The van der Waals surface area contributed by atoms with Gasteiger partial charge in [0.2, 0.25) is 5.78 Å². The number of carbonyl (C=O) groups excluding carboxylic acids is 3. The predicted octanol–water partition coefficient (Wildman–Crippen LogP) is 5.16. The highest BCUT2D eigenvalue weighted by molar-refractivity contribution is 6.44. The standard InChI is InChI=1S/C35H40N2O5/c1-24-22-28(42-23-25-8-6-5-7-9-25)14-15-29(24)32(38)30-31(26-10-12-27(13-11-26)35(2,3)4)37(34(40)33(30)39)17-16-36-18-20-41-21-19-36/h5-15,22,30-31H,16-21,23H2,1-4H3. The molecule has 7 nitrogen and oxygen atoms in total. The summed E-state index contributed by atoms with van der Waals surface area (Å²) in [6.07, 6.45) is 0. The van der Waals surface area contributed by atoms with Crippen LogP contribution in [0.1, 0.15) is 59.4 Å². The van der Waals surface area contributed by atoms with E-state index < -0.39 is 23.7 Å². The summed E-state index contributed by atoms with van der Waals surface area (Å²) in [5, 5.41) is 0. The molecule has 0 spiro atoms. The lowest BCUT2D eigenvalue weighted by atomic mass is 9.82. The van der Waals surface area contributed by atoms with Gasteiger partial charge in [0.05, 0.1) is 19.3 Å². The lowest BCUT2D eigenvalue weighted by Gasteiger charge is -2.32. The maximum Gasteiger partial charge on any atom is 0.291 e. The SMILES string of the molecule is Cc1cc(OCc2ccccc2)ccc1C(=O)C1C(=O)C(=O)N(CCN2CCOCC2)C1c1ccc(C(C)(C)C)cc1. The molecule has 0 aliphatic carbocycles. The highest BCUT2D eigenvalue weighted by atomic mass is 16.5. The van der Waals surface area contributed by atoms with Crippen LogP contribution in [-0.2, 0) is 26.3 Å². The summed E-state index contributed by atoms with van der Waals surface area (Å²) in [7, 11) is 0. The van der Waals surface area contributed by atoms with Gasteiger partial charge in [-0.15, -0.1) is 0 Å². The molecule has 2 heterocycles. The Morgan fingerprint density at radius 2 is 1.62 bits per heavy atom. The molecule has 2 fully saturated rings. The monoisotopic (exact) mass is 568 g/mol. The molecule has 0 bridgehead atoms. The molecule has 1 amide bonds. The quantitative estimate of drug-likeness (QED) is 0.202. The number of hydrogen-bond donors (Lipinski definition) is 0. The van der Waals surface area contributed by atoms with Gasteiger partial charge in [-0.3, -0.25) is 19.3 Å². The Bertz CT molecular complexity index is 1420. The first kappa shape index (κ1) is 29.7. The van der Waals surface area contributed by atoms with E-state index in [2.05, 4.69) is 25.7 Å². The van der Waals surface area contributed by atoms with E-state index >= 15 is 0 Å². The van der Waals surface area contributed by atoms with Crippen LogP contribution in [0, 0.1) is 12.8 Å². The lowest BCUT2D eigenvalue weighted by molar-refractivity contribution is -0.141. The van der Waals surface area contributed by atoms with Crippen molar-refractivity contribution in [1.82, 2.24) is 9.80 Å². The molecule has 42 heavy (non-hydrogen) atoms. The zero-order valence-electron chi connectivity index (χ0n) is 25.0. The third-order valence-electron chi connectivity index (χ3n) is 8.28. The summed E-state index contributed by atoms with van der Waals surface area (Å²) in [6, 6.07) is 22.5.